The van der Waals surface area contributed by atoms with Crippen molar-refractivity contribution in [3.8, 4) is 0 Å². The van der Waals surface area contributed by atoms with Gasteiger partial charge < -0.3 is 11.1 Å². The molecule has 0 spiro atoms. The van der Waals surface area contributed by atoms with Crippen LogP contribution in [0, 0.1) is 0 Å². The minimum absolute atomic E-state index is 0.191. The number of hydrogen-bond acceptors (Lipinski definition) is 3. The van der Waals surface area contributed by atoms with E-state index in [1.807, 2.05) is 19.1 Å². The number of thioether (sulfide) groups is 1. The average Bonchev–Trinajstić information content (AvgIpc) is 2.26. The molecule has 1 atom stereocenters. The average molecular weight is 252 g/mol. The summed E-state index contributed by atoms with van der Waals surface area (Å²) in [5.74, 6) is -0.277. The Hall–Kier alpha value is -1.00. The molecule has 3 nitrogen and oxygen atoms in total. The van der Waals surface area contributed by atoms with E-state index in [0.717, 1.165) is 11.4 Å². The minimum Gasteiger partial charge on any atom is -0.369 e. The summed E-state index contributed by atoms with van der Waals surface area (Å²) in [5, 5.41) is 3.17. The first-order chi connectivity index (χ1) is 7.99. The Kier molecular flexibility index (Phi) is 5.51. The van der Waals surface area contributed by atoms with Crippen LogP contribution in [0.3, 0.4) is 0 Å². The van der Waals surface area contributed by atoms with Crippen molar-refractivity contribution in [2.45, 2.75) is 43.5 Å². The smallest absolute Gasteiger partial charge is 0.230 e. The van der Waals surface area contributed by atoms with Crippen LogP contribution in [0.2, 0.25) is 0 Å². The molecule has 0 aliphatic heterocycles. The molecule has 0 radical (unpaired) electrons. The van der Waals surface area contributed by atoms with E-state index in [1.54, 1.807) is 0 Å². The maximum Gasteiger partial charge on any atom is 0.230 e. The van der Waals surface area contributed by atoms with Crippen molar-refractivity contribution >= 4 is 17.7 Å². The van der Waals surface area contributed by atoms with Crippen molar-refractivity contribution in [3.05, 3.63) is 29.8 Å². The Morgan fingerprint density at radius 1 is 1.41 bits per heavy atom. The molecule has 1 aromatic rings. The number of amides is 1. The lowest BCUT2D eigenvalue weighted by Gasteiger charge is -2.10. The van der Waals surface area contributed by atoms with Gasteiger partial charge in [0.15, 0.2) is 0 Å². The van der Waals surface area contributed by atoms with Crippen molar-refractivity contribution in [1.29, 1.82) is 0 Å². The van der Waals surface area contributed by atoms with Crippen molar-refractivity contribution in [2.75, 3.05) is 0 Å². The van der Waals surface area contributed by atoms with Crippen molar-refractivity contribution in [2.24, 2.45) is 5.73 Å². The first kappa shape index (κ1) is 14.1. The Labute approximate surface area is 107 Å². The van der Waals surface area contributed by atoms with Crippen LogP contribution in [0.4, 0.5) is 0 Å². The summed E-state index contributed by atoms with van der Waals surface area (Å²) in [6.45, 7) is 6.91. The molecule has 1 rings (SSSR count). The lowest BCUT2D eigenvalue weighted by Crippen LogP contribution is -2.22. The number of benzene rings is 1. The predicted octanol–water partition coefficient (Wildman–Crippen LogP) is 2.15. The van der Waals surface area contributed by atoms with Crippen LogP contribution in [0.15, 0.2) is 29.2 Å². The Morgan fingerprint density at radius 3 is 2.71 bits per heavy atom. The van der Waals surface area contributed by atoms with Gasteiger partial charge in [0.05, 0.1) is 5.25 Å². The van der Waals surface area contributed by atoms with Crippen LogP contribution in [-0.2, 0) is 11.3 Å². The second-order valence-electron chi connectivity index (χ2n) is 4.35. The molecule has 0 saturated heterocycles. The summed E-state index contributed by atoms with van der Waals surface area (Å²) in [7, 11) is 0. The number of carbonyl (C=O) groups is 1. The van der Waals surface area contributed by atoms with E-state index >= 15 is 0 Å². The van der Waals surface area contributed by atoms with Crippen molar-refractivity contribution in [1.82, 2.24) is 5.32 Å². The fourth-order valence-electron chi connectivity index (χ4n) is 1.31. The van der Waals surface area contributed by atoms with E-state index in [2.05, 4.69) is 31.3 Å². The molecule has 0 aliphatic rings. The normalized spacial score (nSPS) is 12.7. The summed E-state index contributed by atoms with van der Waals surface area (Å²) in [5.41, 5.74) is 6.47. The summed E-state index contributed by atoms with van der Waals surface area (Å²) in [6.07, 6.45) is 0. The van der Waals surface area contributed by atoms with Crippen LogP contribution in [0.25, 0.3) is 0 Å². The molecule has 0 saturated carbocycles. The molecular formula is C13H20N2OS. The lowest BCUT2D eigenvalue weighted by atomic mass is 10.2. The largest absolute Gasteiger partial charge is 0.369 e. The van der Waals surface area contributed by atoms with Gasteiger partial charge in [-0.05, 0) is 24.6 Å². The highest BCUT2D eigenvalue weighted by Gasteiger charge is 2.10. The standard InChI is InChI=1S/C13H20N2OS/c1-9(2)15-8-11-5-4-6-12(7-11)17-10(3)13(14)16/h4-7,9-10,15H,8H2,1-3H3,(H2,14,16). The highest BCUT2D eigenvalue weighted by molar-refractivity contribution is 8.00. The van der Waals surface area contributed by atoms with Gasteiger partial charge in [-0.15, -0.1) is 11.8 Å². The monoisotopic (exact) mass is 252 g/mol. The zero-order valence-corrected chi connectivity index (χ0v) is 11.4. The van der Waals surface area contributed by atoms with Gasteiger partial charge in [-0.3, -0.25) is 4.79 Å². The molecule has 4 heteroatoms. The molecule has 17 heavy (non-hydrogen) atoms. The first-order valence-electron chi connectivity index (χ1n) is 5.77. The summed E-state index contributed by atoms with van der Waals surface area (Å²) in [6, 6.07) is 8.65. The molecular weight excluding hydrogens is 232 g/mol. The van der Waals surface area contributed by atoms with Crippen LogP contribution < -0.4 is 11.1 Å². The van der Waals surface area contributed by atoms with Crippen molar-refractivity contribution < 1.29 is 4.79 Å². The fourth-order valence-corrected chi connectivity index (χ4v) is 2.21. The number of rotatable bonds is 6. The summed E-state index contributed by atoms with van der Waals surface area (Å²) in [4.78, 5) is 12.1. The third-order valence-electron chi connectivity index (χ3n) is 2.33. The number of nitrogens with two attached hydrogens (primary N) is 1. The molecule has 1 aromatic carbocycles. The van der Waals surface area contributed by atoms with Gasteiger partial charge in [0, 0.05) is 17.5 Å². The van der Waals surface area contributed by atoms with Crippen LogP contribution >= 0.6 is 11.8 Å². The molecule has 3 N–H and O–H groups in total. The van der Waals surface area contributed by atoms with E-state index in [4.69, 9.17) is 5.73 Å². The minimum atomic E-state index is -0.277. The van der Waals surface area contributed by atoms with Gasteiger partial charge in [0.2, 0.25) is 5.91 Å². The maximum absolute atomic E-state index is 11.0. The third kappa shape index (κ3) is 5.24. The van der Waals surface area contributed by atoms with Crippen LogP contribution in [0.5, 0.6) is 0 Å². The topological polar surface area (TPSA) is 55.1 Å². The van der Waals surface area contributed by atoms with E-state index in [0.29, 0.717) is 6.04 Å². The zero-order valence-electron chi connectivity index (χ0n) is 10.6. The second-order valence-corrected chi connectivity index (χ2v) is 5.76. The Balaban J connectivity index is 2.62. The second kappa shape index (κ2) is 6.67. The molecule has 0 heterocycles. The summed E-state index contributed by atoms with van der Waals surface area (Å²) >= 11 is 1.50. The highest BCUT2D eigenvalue weighted by atomic mass is 32.2. The number of nitrogens with one attached hydrogen (secondary N) is 1. The molecule has 0 bridgehead atoms. The van der Waals surface area contributed by atoms with E-state index < -0.39 is 0 Å². The van der Waals surface area contributed by atoms with Gasteiger partial charge >= 0.3 is 0 Å². The Morgan fingerprint density at radius 2 is 2.12 bits per heavy atom. The summed E-state index contributed by atoms with van der Waals surface area (Å²) < 4.78 is 0. The van der Waals surface area contributed by atoms with Gasteiger partial charge in [-0.1, -0.05) is 26.0 Å². The van der Waals surface area contributed by atoms with Gasteiger partial charge in [0.1, 0.15) is 0 Å². The van der Waals surface area contributed by atoms with Gasteiger partial charge in [-0.2, -0.15) is 0 Å². The molecule has 0 aliphatic carbocycles. The Bertz CT molecular complexity index is 379. The predicted molar refractivity (Wildman–Crippen MR) is 72.9 cm³/mol. The van der Waals surface area contributed by atoms with E-state index in [1.165, 1.54) is 17.3 Å². The number of carbonyl (C=O) groups excluding carboxylic acids is 1. The highest BCUT2D eigenvalue weighted by Crippen LogP contribution is 2.23. The SMILES string of the molecule is CC(C)NCc1cccc(SC(C)C(N)=O)c1. The molecule has 94 valence electrons. The molecule has 1 amide bonds. The van der Waals surface area contributed by atoms with Gasteiger partial charge in [0.25, 0.3) is 0 Å². The van der Waals surface area contributed by atoms with E-state index in [-0.39, 0.29) is 11.2 Å². The van der Waals surface area contributed by atoms with Crippen molar-refractivity contribution in [3.63, 3.8) is 0 Å². The first-order valence-corrected chi connectivity index (χ1v) is 6.65. The number of hydrogen-bond donors (Lipinski definition) is 2. The molecule has 0 fully saturated rings. The van der Waals surface area contributed by atoms with Crippen LogP contribution in [-0.4, -0.2) is 17.2 Å². The van der Waals surface area contributed by atoms with Crippen LogP contribution in [0.1, 0.15) is 26.3 Å². The zero-order chi connectivity index (χ0) is 12.8. The molecule has 0 aromatic heterocycles. The third-order valence-corrected chi connectivity index (χ3v) is 3.44. The van der Waals surface area contributed by atoms with E-state index in [9.17, 15) is 4.79 Å². The molecule has 1 unspecified atom stereocenters. The number of primary amides is 1. The van der Waals surface area contributed by atoms with Gasteiger partial charge in [-0.25, -0.2) is 0 Å². The maximum atomic E-state index is 11.0. The lowest BCUT2D eigenvalue weighted by molar-refractivity contribution is -0.117. The fraction of sp³-hybridized carbons (Fsp3) is 0.462. The quantitative estimate of drug-likeness (QED) is 0.763.